The first-order chi connectivity index (χ1) is 22.0. The number of aliphatic hydroxyl groups is 1. The van der Waals surface area contributed by atoms with Crippen molar-refractivity contribution in [2.45, 2.75) is 67.1 Å². The molecule has 3 amide bonds. The number of hydrogen-bond donors (Lipinski definition) is 1. The average Bonchev–Trinajstić information content (AvgIpc) is 3.62. The van der Waals surface area contributed by atoms with Crippen LogP contribution in [0.3, 0.4) is 0 Å². The van der Waals surface area contributed by atoms with E-state index >= 15 is 4.79 Å². The molecule has 3 heterocycles. The van der Waals surface area contributed by atoms with Crippen LogP contribution in [0.1, 0.15) is 37.8 Å². The van der Waals surface area contributed by atoms with Crippen molar-refractivity contribution in [3.05, 3.63) is 90.0 Å². The van der Waals surface area contributed by atoms with Gasteiger partial charge in [-0.15, -0.1) is 24.9 Å². The first kappa shape index (κ1) is 34.7. The van der Waals surface area contributed by atoms with Crippen molar-refractivity contribution in [2.24, 2.45) is 17.8 Å². The van der Waals surface area contributed by atoms with Gasteiger partial charge < -0.3 is 19.8 Å². The van der Waals surface area contributed by atoms with E-state index in [4.69, 9.17) is 11.6 Å². The zero-order chi connectivity index (χ0) is 33.3. The molecule has 3 fully saturated rings. The van der Waals surface area contributed by atoms with E-state index in [0.29, 0.717) is 36.6 Å². The average molecular weight is 729 g/mol. The summed E-state index contributed by atoms with van der Waals surface area (Å²) in [6.45, 7) is 14.4. The summed E-state index contributed by atoms with van der Waals surface area (Å²) in [5, 5.41) is 10.9. The molecule has 3 unspecified atom stereocenters. The molecule has 3 saturated heterocycles. The summed E-state index contributed by atoms with van der Waals surface area (Å²) in [6, 6.07) is 13.8. The number of amides is 3. The molecule has 2 aromatic rings. The van der Waals surface area contributed by atoms with Crippen LogP contribution in [-0.4, -0.2) is 79.2 Å². The molecule has 1 N–H and O–H groups in total. The first-order valence-electron chi connectivity index (χ1n) is 15.9. The van der Waals surface area contributed by atoms with Gasteiger partial charge in [0.25, 0.3) is 5.91 Å². The summed E-state index contributed by atoms with van der Waals surface area (Å²) in [7, 11) is 0. The Labute approximate surface area is 290 Å². The van der Waals surface area contributed by atoms with Gasteiger partial charge in [0.1, 0.15) is 6.04 Å². The second-order valence-corrected chi connectivity index (χ2v) is 16.1. The van der Waals surface area contributed by atoms with Crippen LogP contribution in [0, 0.1) is 24.7 Å². The molecule has 7 atom stereocenters. The first-order valence-corrected chi connectivity index (χ1v) is 18.0. The lowest BCUT2D eigenvalue weighted by Crippen LogP contribution is -2.58. The van der Waals surface area contributed by atoms with Crippen molar-refractivity contribution >= 4 is 62.7 Å². The van der Waals surface area contributed by atoms with E-state index in [0.717, 1.165) is 11.1 Å². The quantitative estimate of drug-likeness (QED) is 0.195. The Hall–Kier alpha value is -2.59. The molecule has 7 nitrogen and oxygen atoms in total. The number of carbonyl (C=O) groups is 3. The summed E-state index contributed by atoms with van der Waals surface area (Å²) < 4.78 is -0.876. The van der Waals surface area contributed by atoms with Crippen molar-refractivity contribution < 1.29 is 19.5 Å². The molecule has 0 radical (unpaired) electrons. The SMILES string of the molecule is C=CCN(Cc1ccccc1)C(=O)[C@H]1[C@H]2C(=O)N([C@@H](CO)CC(C)C)C(C(=O)N(CC=C)c3c(C)cccc3Cl)C23CC(Br)[C@@H]1S3. The van der Waals surface area contributed by atoms with Gasteiger partial charge in [0, 0.05) is 29.7 Å². The maximum absolute atomic E-state index is 15.1. The van der Waals surface area contributed by atoms with Gasteiger partial charge in [-0.25, -0.2) is 0 Å². The van der Waals surface area contributed by atoms with E-state index < -0.39 is 28.7 Å². The zero-order valence-corrected chi connectivity index (χ0v) is 29.8. The third kappa shape index (κ3) is 6.09. The number of aryl methyl sites for hydroxylation is 1. The number of carbonyl (C=O) groups excluding carboxylic acids is 3. The molecule has 1 spiro atoms. The van der Waals surface area contributed by atoms with Crippen LogP contribution < -0.4 is 4.90 Å². The van der Waals surface area contributed by atoms with Crippen LogP contribution in [0.15, 0.2) is 73.8 Å². The number of benzene rings is 2. The van der Waals surface area contributed by atoms with E-state index in [1.165, 1.54) is 0 Å². The minimum absolute atomic E-state index is 0.0827. The molecule has 0 saturated carbocycles. The molecule has 0 aliphatic carbocycles. The van der Waals surface area contributed by atoms with E-state index in [-0.39, 0.29) is 46.9 Å². The highest BCUT2D eigenvalue weighted by atomic mass is 79.9. The molecule has 5 rings (SSSR count). The molecule has 46 heavy (non-hydrogen) atoms. The molecule has 3 aliphatic rings. The van der Waals surface area contributed by atoms with Gasteiger partial charge in [-0.3, -0.25) is 14.4 Å². The number of para-hydroxylation sites is 1. The van der Waals surface area contributed by atoms with Gasteiger partial charge in [0.05, 0.1) is 39.9 Å². The number of halogens is 2. The van der Waals surface area contributed by atoms with Crippen molar-refractivity contribution in [1.82, 2.24) is 9.80 Å². The van der Waals surface area contributed by atoms with Gasteiger partial charge in [0.15, 0.2) is 0 Å². The van der Waals surface area contributed by atoms with Crippen molar-refractivity contribution in [3.8, 4) is 0 Å². The third-order valence-electron chi connectivity index (χ3n) is 9.51. The number of fused-ring (bicyclic) bond motifs is 1. The summed E-state index contributed by atoms with van der Waals surface area (Å²) in [6.07, 6.45) is 4.42. The number of aliphatic hydroxyl groups excluding tert-OH is 1. The lowest BCUT2D eigenvalue weighted by Gasteiger charge is -2.40. The second kappa shape index (κ2) is 14.3. The smallest absolute Gasteiger partial charge is 0.251 e. The molecule has 3 aliphatic heterocycles. The minimum Gasteiger partial charge on any atom is -0.394 e. The molecular weight excluding hydrogens is 686 g/mol. The lowest BCUT2D eigenvalue weighted by molar-refractivity contribution is -0.145. The van der Waals surface area contributed by atoms with Gasteiger partial charge in [-0.05, 0) is 42.9 Å². The Bertz CT molecular complexity index is 1470. The fourth-order valence-corrected chi connectivity index (χ4v) is 11.7. The van der Waals surface area contributed by atoms with Crippen LogP contribution in [-0.2, 0) is 20.9 Å². The van der Waals surface area contributed by atoms with E-state index in [9.17, 15) is 14.7 Å². The van der Waals surface area contributed by atoms with Crippen molar-refractivity contribution in [2.75, 3.05) is 24.6 Å². The van der Waals surface area contributed by atoms with Crippen LogP contribution in [0.4, 0.5) is 5.69 Å². The number of alkyl halides is 1. The summed E-state index contributed by atoms with van der Waals surface area (Å²) >= 11 is 12.2. The monoisotopic (exact) mass is 727 g/mol. The number of nitrogens with zero attached hydrogens (tertiary/aromatic N) is 3. The standard InChI is InChI=1S/C36H43BrClN3O4S/c1-6-16-39(20-24-13-9-8-10-14-24)33(43)28-29-34(44)41(25(21-42)18-22(3)4)32(36(29)19-26(37)31(28)46-36)35(45)40(17-7-2)30-23(5)12-11-15-27(30)38/h6-15,22,25-26,28-29,31-32,42H,1-2,16-21H2,3-5H3/t25-,26?,28+,29+,31+,32?,36?/m1/s1. The Morgan fingerprint density at radius 3 is 2.43 bits per heavy atom. The molecule has 2 aromatic carbocycles. The van der Waals surface area contributed by atoms with E-state index in [1.54, 1.807) is 44.7 Å². The number of likely N-dealkylation sites (tertiary alicyclic amines) is 1. The number of anilines is 1. The molecule has 0 aromatic heterocycles. The van der Waals surface area contributed by atoms with Gasteiger partial charge in [-0.2, -0.15) is 0 Å². The van der Waals surface area contributed by atoms with Crippen LogP contribution in [0.5, 0.6) is 0 Å². The topological polar surface area (TPSA) is 81.2 Å². The summed E-state index contributed by atoms with van der Waals surface area (Å²) in [4.78, 5) is 49.5. The van der Waals surface area contributed by atoms with E-state index in [2.05, 4.69) is 29.1 Å². The maximum Gasteiger partial charge on any atom is 0.251 e. The zero-order valence-electron chi connectivity index (χ0n) is 26.6. The lowest BCUT2D eigenvalue weighted by atomic mass is 9.70. The van der Waals surface area contributed by atoms with Crippen LogP contribution >= 0.6 is 39.3 Å². The summed E-state index contributed by atoms with van der Waals surface area (Å²) in [5.41, 5.74) is 2.38. The minimum atomic E-state index is -0.911. The highest BCUT2D eigenvalue weighted by Crippen LogP contribution is 2.68. The Balaban J connectivity index is 1.62. The number of thioether (sulfide) groups is 1. The molecule has 246 valence electrons. The number of hydrogen-bond acceptors (Lipinski definition) is 5. The van der Waals surface area contributed by atoms with Gasteiger partial charge in [-0.1, -0.05) is 96.0 Å². The van der Waals surface area contributed by atoms with Gasteiger partial charge in [0.2, 0.25) is 11.8 Å². The van der Waals surface area contributed by atoms with Crippen molar-refractivity contribution in [3.63, 3.8) is 0 Å². The second-order valence-electron chi connectivity index (χ2n) is 13.0. The van der Waals surface area contributed by atoms with E-state index in [1.807, 2.05) is 63.2 Å². The highest BCUT2D eigenvalue weighted by molar-refractivity contribution is 9.09. The third-order valence-corrected chi connectivity index (χ3v) is 13.0. The fraction of sp³-hybridized carbons (Fsp3) is 0.472. The largest absolute Gasteiger partial charge is 0.394 e. The Kier molecular flexibility index (Phi) is 10.8. The Morgan fingerprint density at radius 2 is 1.83 bits per heavy atom. The van der Waals surface area contributed by atoms with Gasteiger partial charge >= 0.3 is 0 Å². The van der Waals surface area contributed by atoms with Crippen LogP contribution in [0.2, 0.25) is 5.02 Å². The fourth-order valence-electron chi connectivity index (χ4n) is 7.78. The summed E-state index contributed by atoms with van der Waals surface area (Å²) in [5.74, 6) is -1.84. The van der Waals surface area contributed by atoms with Crippen LogP contribution in [0.25, 0.3) is 0 Å². The molecular formula is C36H43BrClN3O4S. The molecule has 2 bridgehead atoms. The molecule has 10 heteroatoms. The normalized spacial score (nSPS) is 27.1. The maximum atomic E-state index is 15.1. The Morgan fingerprint density at radius 1 is 1.13 bits per heavy atom. The highest BCUT2D eigenvalue weighted by Gasteiger charge is 2.76. The number of rotatable bonds is 13. The predicted octanol–water partition coefficient (Wildman–Crippen LogP) is 6.25. The predicted molar refractivity (Wildman–Crippen MR) is 190 cm³/mol. The van der Waals surface area contributed by atoms with Crippen molar-refractivity contribution in [1.29, 1.82) is 0 Å².